The van der Waals surface area contributed by atoms with Gasteiger partial charge in [0, 0.05) is 25.4 Å². The van der Waals surface area contributed by atoms with E-state index in [1.807, 2.05) is 0 Å². The lowest BCUT2D eigenvalue weighted by Crippen LogP contribution is -2.30. The maximum absolute atomic E-state index is 11.7. The summed E-state index contributed by atoms with van der Waals surface area (Å²) in [6.45, 7) is 7.92. The number of hydrogen-bond donors (Lipinski definition) is 0. The van der Waals surface area contributed by atoms with E-state index in [0.29, 0.717) is 12.5 Å². The van der Waals surface area contributed by atoms with Crippen molar-refractivity contribution in [3.05, 3.63) is 0 Å². The van der Waals surface area contributed by atoms with E-state index in [9.17, 15) is 9.59 Å². The molecule has 4 heteroatoms. The normalized spacial score (nSPS) is 22.0. The van der Waals surface area contributed by atoms with Crippen LogP contribution in [0.25, 0.3) is 0 Å². The largest absolute Gasteiger partial charge is 0.461 e. The monoisotopic (exact) mass is 311 g/mol. The lowest BCUT2D eigenvalue weighted by atomic mass is 10.1. The average Bonchev–Trinajstić information content (AvgIpc) is 2.86. The van der Waals surface area contributed by atoms with Crippen LogP contribution in [-0.4, -0.2) is 41.9 Å². The van der Waals surface area contributed by atoms with E-state index in [4.69, 9.17) is 4.74 Å². The first-order chi connectivity index (χ1) is 10.6. The number of unbranched alkanes of at least 4 members (excludes halogenated alkanes) is 4. The molecule has 0 aromatic carbocycles. The quantitative estimate of drug-likeness (QED) is 0.431. The van der Waals surface area contributed by atoms with Gasteiger partial charge in [0.1, 0.15) is 11.9 Å². The second-order valence-electron chi connectivity index (χ2n) is 6.52. The zero-order valence-electron chi connectivity index (χ0n) is 14.6. The molecule has 0 spiro atoms. The molecule has 1 rings (SSSR count). The number of ether oxygens (including phenoxy) is 1. The maximum atomic E-state index is 11.7. The fraction of sp³-hybridized carbons (Fsp3) is 0.889. The summed E-state index contributed by atoms with van der Waals surface area (Å²) in [6, 6.07) is 0.539. The molecule has 1 aliphatic rings. The summed E-state index contributed by atoms with van der Waals surface area (Å²) in [5.41, 5.74) is 0. The van der Waals surface area contributed by atoms with Crippen LogP contribution in [-0.2, 0) is 14.3 Å². The molecule has 0 aliphatic carbocycles. The lowest BCUT2D eigenvalue weighted by molar-refractivity contribution is -0.149. The third-order valence-corrected chi connectivity index (χ3v) is 4.49. The Morgan fingerprint density at radius 2 is 1.82 bits per heavy atom. The number of esters is 1. The molecular formula is C18H33NO3. The van der Waals surface area contributed by atoms with Crippen LogP contribution in [0, 0.1) is 0 Å². The van der Waals surface area contributed by atoms with E-state index in [2.05, 4.69) is 18.7 Å². The van der Waals surface area contributed by atoms with E-state index < -0.39 is 0 Å². The molecule has 22 heavy (non-hydrogen) atoms. The van der Waals surface area contributed by atoms with Gasteiger partial charge in [0.15, 0.2) is 0 Å². The van der Waals surface area contributed by atoms with E-state index in [-0.39, 0.29) is 24.3 Å². The van der Waals surface area contributed by atoms with Crippen molar-refractivity contribution < 1.29 is 14.3 Å². The van der Waals surface area contributed by atoms with Gasteiger partial charge in [-0.3, -0.25) is 9.69 Å². The number of Topliss-reactive ketones (excluding diaryl/α,β-unsaturated/α-hetero) is 1. The Morgan fingerprint density at radius 1 is 1.09 bits per heavy atom. The van der Waals surface area contributed by atoms with Crippen LogP contribution in [0.4, 0.5) is 0 Å². The van der Waals surface area contributed by atoms with Gasteiger partial charge >= 0.3 is 5.97 Å². The second-order valence-corrected chi connectivity index (χ2v) is 6.52. The van der Waals surface area contributed by atoms with E-state index in [1.165, 1.54) is 39.0 Å². The second kappa shape index (κ2) is 10.8. The summed E-state index contributed by atoms with van der Waals surface area (Å²) >= 11 is 0. The zero-order chi connectivity index (χ0) is 16.4. The molecule has 0 aromatic heterocycles. The first kappa shape index (κ1) is 19.1. The van der Waals surface area contributed by atoms with Gasteiger partial charge in [0.05, 0.1) is 6.42 Å². The number of carbonyl (C=O) groups excluding carboxylic acids is 2. The fourth-order valence-electron chi connectivity index (χ4n) is 3.16. The number of likely N-dealkylation sites (tertiary alicyclic amines) is 1. The molecule has 0 aromatic rings. The Kier molecular flexibility index (Phi) is 9.37. The molecular weight excluding hydrogens is 278 g/mol. The number of rotatable bonds is 11. The van der Waals surface area contributed by atoms with Crippen LogP contribution in [0.2, 0.25) is 0 Å². The van der Waals surface area contributed by atoms with Crippen molar-refractivity contribution in [3.8, 4) is 0 Å². The summed E-state index contributed by atoms with van der Waals surface area (Å²) in [6.07, 6.45) is 9.04. The van der Waals surface area contributed by atoms with E-state index in [1.54, 1.807) is 0 Å². The maximum Gasteiger partial charge on any atom is 0.306 e. The van der Waals surface area contributed by atoms with Crippen LogP contribution in [0.15, 0.2) is 0 Å². The van der Waals surface area contributed by atoms with Gasteiger partial charge in [-0.25, -0.2) is 0 Å². The van der Waals surface area contributed by atoms with Crippen LogP contribution >= 0.6 is 0 Å². The average molecular weight is 311 g/mol. The van der Waals surface area contributed by atoms with Gasteiger partial charge in [0.2, 0.25) is 0 Å². The van der Waals surface area contributed by atoms with Crippen LogP contribution in [0.1, 0.15) is 78.6 Å². The first-order valence-corrected chi connectivity index (χ1v) is 8.99. The number of hydrogen-bond acceptors (Lipinski definition) is 4. The summed E-state index contributed by atoms with van der Waals surface area (Å²) in [5, 5.41) is 0. The van der Waals surface area contributed by atoms with Crippen molar-refractivity contribution >= 4 is 11.8 Å². The fourth-order valence-corrected chi connectivity index (χ4v) is 3.16. The third-order valence-electron chi connectivity index (χ3n) is 4.49. The molecule has 0 unspecified atom stereocenters. The molecule has 0 amide bonds. The van der Waals surface area contributed by atoms with Gasteiger partial charge in [-0.15, -0.1) is 0 Å². The molecule has 1 heterocycles. The smallest absolute Gasteiger partial charge is 0.306 e. The predicted octanol–water partition coefficient (Wildman–Crippen LogP) is 3.72. The standard InChI is InChI=1S/C18H33NO3/c1-4-6-7-8-9-12-19-14-17(13-16(19)5-2)22-18(21)11-10-15(3)20/h16-17H,4-14H2,1-3H3/t16-,17-/m1/s1. The topological polar surface area (TPSA) is 46.6 Å². The van der Waals surface area contributed by atoms with Gasteiger partial charge in [-0.1, -0.05) is 39.5 Å². The summed E-state index contributed by atoms with van der Waals surface area (Å²) in [5.74, 6) is -0.177. The molecule has 1 saturated heterocycles. The van der Waals surface area contributed by atoms with E-state index >= 15 is 0 Å². The minimum Gasteiger partial charge on any atom is -0.461 e. The zero-order valence-corrected chi connectivity index (χ0v) is 14.6. The van der Waals surface area contributed by atoms with Gasteiger partial charge in [-0.05, 0) is 26.3 Å². The van der Waals surface area contributed by atoms with Gasteiger partial charge in [0.25, 0.3) is 0 Å². The highest BCUT2D eigenvalue weighted by Crippen LogP contribution is 2.24. The molecule has 4 nitrogen and oxygen atoms in total. The minimum atomic E-state index is -0.222. The van der Waals surface area contributed by atoms with Crippen LogP contribution in [0.5, 0.6) is 0 Å². The lowest BCUT2D eigenvalue weighted by Gasteiger charge is -2.22. The molecule has 128 valence electrons. The Bertz CT molecular complexity index is 343. The first-order valence-electron chi connectivity index (χ1n) is 8.99. The van der Waals surface area contributed by atoms with Gasteiger partial charge < -0.3 is 9.53 Å². The number of ketones is 1. The highest BCUT2D eigenvalue weighted by Gasteiger charge is 2.32. The molecule has 0 saturated carbocycles. The highest BCUT2D eigenvalue weighted by atomic mass is 16.5. The van der Waals surface area contributed by atoms with Crippen LogP contribution < -0.4 is 0 Å². The summed E-state index contributed by atoms with van der Waals surface area (Å²) in [4.78, 5) is 25.1. The number of carbonyl (C=O) groups is 2. The molecule has 0 bridgehead atoms. The van der Waals surface area contributed by atoms with Crippen molar-refractivity contribution in [2.75, 3.05) is 13.1 Å². The summed E-state index contributed by atoms with van der Waals surface area (Å²) in [7, 11) is 0. The SMILES string of the molecule is CCCCCCCN1C[C@H](OC(=O)CCC(C)=O)C[C@H]1CC. The van der Waals surface area contributed by atoms with E-state index in [0.717, 1.165) is 25.9 Å². The molecule has 2 atom stereocenters. The highest BCUT2D eigenvalue weighted by molar-refractivity contribution is 5.81. The number of nitrogens with zero attached hydrogens (tertiary/aromatic N) is 1. The predicted molar refractivity (Wildman–Crippen MR) is 88.8 cm³/mol. The van der Waals surface area contributed by atoms with Crippen molar-refractivity contribution in [2.24, 2.45) is 0 Å². The molecule has 1 aliphatic heterocycles. The van der Waals surface area contributed by atoms with Crippen molar-refractivity contribution in [1.29, 1.82) is 0 Å². The Morgan fingerprint density at radius 3 is 2.45 bits per heavy atom. The Hall–Kier alpha value is -0.900. The van der Waals surface area contributed by atoms with Crippen molar-refractivity contribution in [2.45, 2.75) is 90.7 Å². The van der Waals surface area contributed by atoms with Crippen molar-refractivity contribution in [1.82, 2.24) is 4.90 Å². The van der Waals surface area contributed by atoms with Crippen LogP contribution in [0.3, 0.4) is 0 Å². The van der Waals surface area contributed by atoms with Gasteiger partial charge in [-0.2, -0.15) is 0 Å². The van der Waals surface area contributed by atoms with Crippen molar-refractivity contribution in [3.63, 3.8) is 0 Å². The Balaban J connectivity index is 2.28. The molecule has 1 fully saturated rings. The Labute approximate surface area is 135 Å². The third kappa shape index (κ3) is 7.39. The minimum absolute atomic E-state index is 0.0139. The summed E-state index contributed by atoms with van der Waals surface area (Å²) < 4.78 is 5.54. The molecule has 0 radical (unpaired) electrons. The molecule has 0 N–H and O–H groups in total.